The topological polar surface area (TPSA) is 41.8 Å². The highest BCUT2D eigenvalue weighted by Gasteiger charge is 2.20. The van der Waals surface area contributed by atoms with E-state index >= 15 is 0 Å². The first-order valence-electron chi connectivity index (χ1n) is 7.72. The Morgan fingerprint density at radius 2 is 1.91 bits per heavy atom. The van der Waals surface area contributed by atoms with Crippen molar-refractivity contribution in [2.24, 2.45) is 4.99 Å². The first-order valence-corrected chi connectivity index (χ1v) is 7.72. The van der Waals surface area contributed by atoms with Crippen LogP contribution in [0.2, 0.25) is 0 Å². The number of rotatable bonds is 4. The van der Waals surface area contributed by atoms with E-state index in [1.165, 1.54) is 11.1 Å². The van der Waals surface area contributed by atoms with Crippen LogP contribution in [-0.4, -0.2) is 24.5 Å². The second-order valence-corrected chi connectivity index (χ2v) is 5.52. The van der Waals surface area contributed by atoms with Crippen molar-refractivity contribution in [3.05, 3.63) is 65.2 Å². The fraction of sp³-hybridized carbons (Fsp3) is 0.316. The van der Waals surface area contributed by atoms with Gasteiger partial charge in [0.15, 0.2) is 0 Å². The van der Waals surface area contributed by atoms with Crippen molar-refractivity contribution in [2.75, 3.05) is 13.7 Å². The van der Waals surface area contributed by atoms with Gasteiger partial charge in [-0.3, -0.25) is 4.99 Å². The lowest BCUT2D eigenvalue weighted by atomic mass is 9.89. The van der Waals surface area contributed by atoms with Gasteiger partial charge in [-0.25, -0.2) is 0 Å². The lowest BCUT2D eigenvalue weighted by Gasteiger charge is -2.22. The van der Waals surface area contributed by atoms with Crippen molar-refractivity contribution >= 4 is 5.71 Å². The zero-order chi connectivity index (χ0) is 15.4. The predicted molar refractivity (Wildman–Crippen MR) is 88.7 cm³/mol. The van der Waals surface area contributed by atoms with E-state index in [-0.39, 0.29) is 12.6 Å². The molecule has 0 aromatic heterocycles. The molecule has 1 atom stereocenters. The summed E-state index contributed by atoms with van der Waals surface area (Å²) >= 11 is 0. The maximum Gasteiger partial charge on any atom is 0.122 e. The molecule has 3 nitrogen and oxygen atoms in total. The Labute approximate surface area is 131 Å². The van der Waals surface area contributed by atoms with Crippen LogP contribution < -0.4 is 4.74 Å². The fourth-order valence-corrected chi connectivity index (χ4v) is 3.07. The van der Waals surface area contributed by atoms with Crippen LogP contribution in [0.3, 0.4) is 0 Å². The van der Waals surface area contributed by atoms with Crippen LogP contribution in [-0.2, 0) is 6.42 Å². The predicted octanol–water partition coefficient (Wildman–Crippen LogP) is 3.55. The first-order chi connectivity index (χ1) is 10.8. The molecule has 2 aromatic carbocycles. The third kappa shape index (κ3) is 2.90. The summed E-state index contributed by atoms with van der Waals surface area (Å²) in [5.41, 5.74) is 4.52. The van der Waals surface area contributed by atoms with Crippen LogP contribution in [0.1, 0.15) is 35.6 Å². The number of aliphatic hydroxyl groups excluding tert-OH is 1. The number of aliphatic hydroxyl groups is 1. The molecule has 1 aliphatic rings. The molecule has 0 bridgehead atoms. The van der Waals surface area contributed by atoms with E-state index in [1.807, 2.05) is 42.5 Å². The quantitative estimate of drug-likeness (QED) is 0.937. The second-order valence-electron chi connectivity index (χ2n) is 5.52. The zero-order valence-corrected chi connectivity index (χ0v) is 12.8. The van der Waals surface area contributed by atoms with E-state index in [0.717, 1.165) is 36.3 Å². The van der Waals surface area contributed by atoms with Gasteiger partial charge in [-0.1, -0.05) is 42.5 Å². The Hall–Kier alpha value is -2.13. The van der Waals surface area contributed by atoms with Crippen molar-refractivity contribution in [1.29, 1.82) is 0 Å². The van der Waals surface area contributed by atoms with E-state index in [9.17, 15) is 5.11 Å². The molecule has 1 N–H and O–H groups in total. The van der Waals surface area contributed by atoms with E-state index in [1.54, 1.807) is 7.11 Å². The molecule has 0 aliphatic heterocycles. The average Bonchev–Trinajstić information content (AvgIpc) is 2.60. The van der Waals surface area contributed by atoms with Crippen molar-refractivity contribution in [2.45, 2.75) is 25.3 Å². The number of methoxy groups -OCH3 is 1. The Kier molecular flexibility index (Phi) is 4.54. The van der Waals surface area contributed by atoms with Gasteiger partial charge in [0, 0.05) is 16.8 Å². The lowest BCUT2D eigenvalue weighted by molar-refractivity contribution is 0.269. The molecule has 1 unspecified atom stereocenters. The maximum absolute atomic E-state index is 9.73. The highest BCUT2D eigenvalue weighted by molar-refractivity contribution is 6.03. The Bertz CT molecular complexity index is 664. The summed E-state index contributed by atoms with van der Waals surface area (Å²) < 4.78 is 5.47. The van der Waals surface area contributed by atoms with Crippen molar-refractivity contribution in [1.82, 2.24) is 0 Å². The average molecular weight is 295 g/mol. The number of benzene rings is 2. The monoisotopic (exact) mass is 295 g/mol. The van der Waals surface area contributed by atoms with Crippen molar-refractivity contribution in [3.8, 4) is 5.75 Å². The van der Waals surface area contributed by atoms with Gasteiger partial charge in [0.25, 0.3) is 0 Å². The van der Waals surface area contributed by atoms with Crippen LogP contribution in [0.5, 0.6) is 5.75 Å². The molecule has 1 aliphatic carbocycles. The summed E-state index contributed by atoms with van der Waals surface area (Å²) in [5.74, 6) is 0.935. The Morgan fingerprint density at radius 3 is 2.64 bits per heavy atom. The smallest absolute Gasteiger partial charge is 0.122 e. The highest BCUT2D eigenvalue weighted by atomic mass is 16.5. The van der Waals surface area contributed by atoms with E-state index in [4.69, 9.17) is 9.73 Å². The molecule has 0 heterocycles. The molecule has 0 amide bonds. The van der Waals surface area contributed by atoms with Gasteiger partial charge in [-0.2, -0.15) is 0 Å². The molecule has 22 heavy (non-hydrogen) atoms. The molecule has 0 saturated heterocycles. The van der Waals surface area contributed by atoms with Crippen LogP contribution in [0.25, 0.3) is 0 Å². The molecular weight excluding hydrogens is 274 g/mol. The summed E-state index contributed by atoms with van der Waals surface area (Å²) in [6.07, 6.45) is 3.04. The normalized spacial score (nSPS) is 17.1. The Balaban J connectivity index is 1.99. The molecule has 114 valence electrons. The van der Waals surface area contributed by atoms with Crippen molar-refractivity contribution in [3.63, 3.8) is 0 Å². The summed E-state index contributed by atoms with van der Waals surface area (Å²) in [6.45, 7) is 0.0206. The summed E-state index contributed by atoms with van der Waals surface area (Å²) in [4.78, 5) is 4.85. The number of ether oxygens (including phenoxy) is 1. The van der Waals surface area contributed by atoms with Gasteiger partial charge in [0.1, 0.15) is 5.75 Å². The van der Waals surface area contributed by atoms with E-state index in [0.29, 0.717) is 0 Å². The van der Waals surface area contributed by atoms with Crippen molar-refractivity contribution < 1.29 is 9.84 Å². The van der Waals surface area contributed by atoms with Gasteiger partial charge in [0.2, 0.25) is 0 Å². The lowest BCUT2D eigenvalue weighted by Crippen LogP contribution is -2.15. The minimum Gasteiger partial charge on any atom is -0.496 e. The van der Waals surface area contributed by atoms with E-state index < -0.39 is 0 Å². The number of fused-ring (bicyclic) bond motifs is 1. The summed E-state index contributed by atoms with van der Waals surface area (Å²) in [6, 6.07) is 15.9. The fourth-order valence-electron chi connectivity index (χ4n) is 3.07. The molecule has 0 spiro atoms. The molecule has 0 saturated carbocycles. The molecule has 3 heteroatoms. The largest absolute Gasteiger partial charge is 0.496 e. The SMILES string of the molecule is COc1cccc2c1CCCC2=NC(CO)c1ccccc1. The third-order valence-corrected chi connectivity index (χ3v) is 4.17. The summed E-state index contributed by atoms with van der Waals surface area (Å²) in [7, 11) is 1.71. The van der Waals surface area contributed by atoms with Gasteiger partial charge in [0.05, 0.1) is 19.8 Å². The third-order valence-electron chi connectivity index (χ3n) is 4.17. The maximum atomic E-state index is 9.73. The standard InChI is InChI=1S/C19H21NO2/c1-22-19-12-6-9-15-16(19)10-5-11-17(15)20-18(13-21)14-7-3-2-4-8-14/h2-4,6-9,12,18,21H,5,10-11,13H2,1H3. The number of aliphatic imine (C=N–C) groups is 1. The number of nitrogens with zero attached hydrogens (tertiary/aromatic N) is 1. The van der Waals surface area contributed by atoms with Gasteiger partial charge >= 0.3 is 0 Å². The number of hydrogen-bond donors (Lipinski definition) is 1. The Morgan fingerprint density at radius 1 is 1.09 bits per heavy atom. The highest BCUT2D eigenvalue weighted by Crippen LogP contribution is 2.31. The summed E-state index contributed by atoms with van der Waals surface area (Å²) in [5, 5.41) is 9.73. The molecular formula is C19H21NO2. The molecule has 2 aromatic rings. The van der Waals surface area contributed by atoms with Crippen LogP contribution in [0.4, 0.5) is 0 Å². The van der Waals surface area contributed by atoms with Crippen LogP contribution in [0, 0.1) is 0 Å². The van der Waals surface area contributed by atoms with Crippen LogP contribution in [0.15, 0.2) is 53.5 Å². The van der Waals surface area contributed by atoms with Crippen LogP contribution >= 0.6 is 0 Å². The first kappa shape index (κ1) is 14.8. The second kappa shape index (κ2) is 6.75. The minimum atomic E-state index is -0.201. The zero-order valence-electron chi connectivity index (χ0n) is 12.8. The minimum absolute atomic E-state index is 0.0206. The number of hydrogen-bond acceptors (Lipinski definition) is 3. The van der Waals surface area contributed by atoms with Gasteiger partial charge in [-0.05, 0) is 30.9 Å². The van der Waals surface area contributed by atoms with Gasteiger partial charge in [-0.15, -0.1) is 0 Å². The molecule has 3 rings (SSSR count). The molecule has 0 fully saturated rings. The van der Waals surface area contributed by atoms with Gasteiger partial charge < -0.3 is 9.84 Å². The van der Waals surface area contributed by atoms with E-state index in [2.05, 4.69) is 6.07 Å². The molecule has 0 radical (unpaired) electrons.